The summed E-state index contributed by atoms with van der Waals surface area (Å²) in [6.07, 6.45) is -0.175. The Bertz CT molecular complexity index is 1090. The lowest BCUT2D eigenvalue weighted by atomic mass is 10.1. The lowest BCUT2D eigenvalue weighted by Crippen LogP contribution is -2.47. The predicted octanol–water partition coefficient (Wildman–Crippen LogP) is 4.85. The van der Waals surface area contributed by atoms with Crippen LogP contribution in [0.3, 0.4) is 0 Å². The van der Waals surface area contributed by atoms with E-state index in [1.807, 2.05) is 20.8 Å². The highest BCUT2D eigenvalue weighted by Gasteiger charge is 2.26. The second-order valence-corrected chi connectivity index (χ2v) is 9.16. The van der Waals surface area contributed by atoms with E-state index in [4.69, 9.17) is 16.3 Å². The molecule has 1 fully saturated rings. The van der Waals surface area contributed by atoms with Crippen LogP contribution >= 0.6 is 22.9 Å². The van der Waals surface area contributed by atoms with Crippen LogP contribution in [0.25, 0.3) is 10.2 Å². The van der Waals surface area contributed by atoms with Gasteiger partial charge in [0.05, 0.1) is 11.5 Å². The molecule has 1 saturated heterocycles. The number of rotatable bonds is 4. The molecule has 4 rings (SSSR count). The minimum absolute atomic E-state index is 0.175. The van der Waals surface area contributed by atoms with Gasteiger partial charge in [-0.3, -0.25) is 0 Å². The highest BCUT2D eigenvalue weighted by molar-refractivity contribution is 7.20. The molecule has 1 aliphatic rings. The summed E-state index contributed by atoms with van der Waals surface area (Å²) in [5.41, 5.74) is 3.35. The summed E-state index contributed by atoms with van der Waals surface area (Å²) in [4.78, 5) is 27.4. The van der Waals surface area contributed by atoms with Crippen molar-refractivity contribution in [1.82, 2.24) is 9.97 Å². The Hall–Kier alpha value is -2.38. The van der Waals surface area contributed by atoms with Gasteiger partial charge in [0.1, 0.15) is 15.5 Å². The summed E-state index contributed by atoms with van der Waals surface area (Å²) in [6, 6.07) is 8.57. The summed E-state index contributed by atoms with van der Waals surface area (Å²) in [6.45, 7) is 11.1. The maximum atomic E-state index is 12.5. The zero-order valence-corrected chi connectivity index (χ0v) is 19.2. The smallest absolute Gasteiger partial charge is 0.348 e. The molecule has 6 nitrogen and oxygen atoms in total. The molecule has 0 spiro atoms. The van der Waals surface area contributed by atoms with Gasteiger partial charge >= 0.3 is 5.97 Å². The van der Waals surface area contributed by atoms with Crippen molar-refractivity contribution in [3.63, 3.8) is 0 Å². The standard InChI is InChI=1S/C22H25ClN4O2S/c1-13(2)29-21(28)18-15(4)17-19(24-22(23)25-20(17)30-18)27-10-8-26(9-11-27)16-7-5-6-14(3)12-16/h5-7,12-13H,8-11H2,1-4H3. The van der Waals surface area contributed by atoms with Gasteiger partial charge in [0.15, 0.2) is 0 Å². The molecule has 8 heteroatoms. The van der Waals surface area contributed by atoms with E-state index in [1.165, 1.54) is 22.6 Å². The number of fused-ring (bicyclic) bond motifs is 1. The van der Waals surface area contributed by atoms with Crippen molar-refractivity contribution in [3.8, 4) is 0 Å². The first-order valence-electron chi connectivity index (χ1n) is 10.1. The average molecular weight is 445 g/mol. The topological polar surface area (TPSA) is 58.6 Å². The molecule has 0 atom stereocenters. The molecule has 2 aromatic heterocycles. The number of piperazine rings is 1. The number of nitrogens with zero attached hydrogens (tertiary/aromatic N) is 4. The Morgan fingerprint density at radius 2 is 1.83 bits per heavy atom. The molecule has 3 heterocycles. The lowest BCUT2D eigenvalue weighted by molar-refractivity contribution is 0.0383. The van der Waals surface area contributed by atoms with Crippen molar-refractivity contribution in [1.29, 1.82) is 0 Å². The fourth-order valence-corrected chi connectivity index (χ4v) is 5.06. The SMILES string of the molecule is Cc1cccc(N2CCN(c3nc(Cl)nc4sc(C(=O)OC(C)C)c(C)c34)CC2)c1. The molecule has 0 unspecified atom stereocenters. The van der Waals surface area contributed by atoms with Crippen LogP contribution in [-0.4, -0.2) is 48.2 Å². The van der Waals surface area contributed by atoms with E-state index in [9.17, 15) is 4.79 Å². The number of carbonyl (C=O) groups is 1. The van der Waals surface area contributed by atoms with Crippen LogP contribution in [0.4, 0.5) is 11.5 Å². The van der Waals surface area contributed by atoms with Gasteiger partial charge in [-0.2, -0.15) is 4.98 Å². The Balaban J connectivity index is 1.63. The summed E-state index contributed by atoms with van der Waals surface area (Å²) >= 11 is 7.56. The zero-order chi connectivity index (χ0) is 21.4. The van der Waals surface area contributed by atoms with Crippen LogP contribution in [0.1, 0.15) is 34.6 Å². The number of anilines is 2. The van der Waals surface area contributed by atoms with E-state index in [-0.39, 0.29) is 17.4 Å². The van der Waals surface area contributed by atoms with Crippen molar-refractivity contribution in [3.05, 3.63) is 45.6 Å². The number of hydrogen-bond donors (Lipinski definition) is 0. The predicted molar refractivity (Wildman–Crippen MR) is 123 cm³/mol. The van der Waals surface area contributed by atoms with Crippen LogP contribution in [0.2, 0.25) is 5.28 Å². The third-order valence-corrected chi connectivity index (χ3v) is 6.55. The quantitative estimate of drug-likeness (QED) is 0.423. The summed E-state index contributed by atoms with van der Waals surface area (Å²) < 4.78 is 5.40. The van der Waals surface area contributed by atoms with Crippen molar-refractivity contribution < 1.29 is 9.53 Å². The Kier molecular flexibility index (Phi) is 5.84. The van der Waals surface area contributed by atoms with Crippen LogP contribution in [0, 0.1) is 13.8 Å². The lowest BCUT2D eigenvalue weighted by Gasteiger charge is -2.37. The maximum absolute atomic E-state index is 12.5. The summed E-state index contributed by atoms with van der Waals surface area (Å²) in [7, 11) is 0. The van der Waals surface area contributed by atoms with E-state index in [0.29, 0.717) is 4.88 Å². The normalized spacial score (nSPS) is 14.6. The number of esters is 1. The number of aryl methyl sites for hydroxylation is 2. The summed E-state index contributed by atoms with van der Waals surface area (Å²) in [5.74, 6) is 0.475. The molecule has 3 aromatic rings. The summed E-state index contributed by atoms with van der Waals surface area (Å²) in [5, 5.41) is 1.09. The number of aromatic nitrogens is 2. The van der Waals surface area contributed by atoms with Gasteiger partial charge in [0.25, 0.3) is 0 Å². The second-order valence-electron chi connectivity index (χ2n) is 7.82. The molecule has 0 amide bonds. The van der Waals surface area contributed by atoms with Crippen LogP contribution in [0.15, 0.2) is 24.3 Å². The Morgan fingerprint density at radius 1 is 1.13 bits per heavy atom. The Labute approximate surface area is 185 Å². The average Bonchev–Trinajstić information content (AvgIpc) is 3.03. The van der Waals surface area contributed by atoms with Gasteiger partial charge < -0.3 is 14.5 Å². The minimum Gasteiger partial charge on any atom is -0.459 e. The Morgan fingerprint density at radius 3 is 2.50 bits per heavy atom. The van der Waals surface area contributed by atoms with E-state index < -0.39 is 0 Å². The zero-order valence-electron chi connectivity index (χ0n) is 17.6. The van der Waals surface area contributed by atoms with Crippen molar-refractivity contribution >= 4 is 50.6 Å². The van der Waals surface area contributed by atoms with Gasteiger partial charge in [0, 0.05) is 31.9 Å². The first-order valence-corrected chi connectivity index (χ1v) is 11.3. The molecule has 0 N–H and O–H groups in total. The minimum atomic E-state index is -0.322. The molecule has 0 bridgehead atoms. The molecule has 0 saturated carbocycles. The number of hydrogen-bond acceptors (Lipinski definition) is 7. The van der Waals surface area contributed by atoms with Crippen LogP contribution < -0.4 is 9.80 Å². The monoisotopic (exact) mass is 444 g/mol. The van der Waals surface area contributed by atoms with E-state index in [0.717, 1.165) is 47.8 Å². The van der Waals surface area contributed by atoms with Gasteiger partial charge in [-0.05, 0) is 62.6 Å². The molecule has 30 heavy (non-hydrogen) atoms. The fraction of sp³-hybridized carbons (Fsp3) is 0.409. The second kappa shape index (κ2) is 8.40. The first-order chi connectivity index (χ1) is 14.3. The number of carbonyl (C=O) groups excluding carboxylic acids is 1. The highest BCUT2D eigenvalue weighted by Crippen LogP contribution is 2.37. The van der Waals surface area contributed by atoms with Gasteiger partial charge in [-0.1, -0.05) is 12.1 Å². The van der Waals surface area contributed by atoms with Gasteiger partial charge in [-0.25, -0.2) is 9.78 Å². The van der Waals surface area contributed by atoms with Crippen molar-refractivity contribution in [2.45, 2.75) is 33.8 Å². The van der Waals surface area contributed by atoms with Gasteiger partial charge in [-0.15, -0.1) is 11.3 Å². The van der Waals surface area contributed by atoms with Gasteiger partial charge in [0.2, 0.25) is 5.28 Å². The third-order valence-electron chi connectivity index (χ3n) is 5.22. The van der Waals surface area contributed by atoms with Crippen molar-refractivity contribution in [2.75, 3.05) is 36.0 Å². The molecule has 1 aromatic carbocycles. The molecular formula is C22H25ClN4O2S. The molecule has 158 valence electrons. The van der Waals surface area contributed by atoms with E-state index >= 15 is 0 Å². The van der Waals surface area contributed by atoms with Crippen LogP contribution in [0.5, 0.6) is 0 Å². The van der Waals surface area contributed by atoms with Crippen LogP contribution in [-0.2, 0) is 4.74 Å². The maximum Gasteiger partial charge on any atom is 0.348 e. The van der Waals surface area contributed by atoms with E-state index in [1.54, 1.807) is 0 Å². The molecular weight excluding hydrogens is 420 g/mol. The third kappa shape index (κ3) is 4.09. The molecule has 0 radical (unpaired) electrons. The fourth-order valence-electron chi connectivity index (χ4n) is 3.78. The molecule has 0 aliphatic carbocycles. The largest absolute Gasteiger partial charge is 0.459 e. The van der Waals surface area contributed by atoms with Crippen molar-refractivity contribution in [2.24, 2.45) is 0 Å². The number of ether oxygens (including phenoxy) is 1. The highest BCUT2D eigenvalue weighted by atomic mass is 35.5. The molecule has 1 aliphatic heterocycles. The number of thiophene rings is 1. The number of benzene rings is 1. The van der Waals surface area contributed by atoms with E-state index in [2.05, 4.69) is 51.0 Å². The first kappa shape index (κ1) is 20.9. The number of halogens is 1.